The highest BCUT2D eigenvalue weighted by Crippen LogP contribution is 2.30. The summed E-state index contributed by atoms with van der Waals surface area (Å²) in [6, 6.07) is 12.1. The first-order valence-electron chi connectivity index (χ1n) is 5.50. The maximum absolute atomic E-state index is 5.57. The number of hydrogen-bond acceptors (Lipinski definition) is 3. The van der Waals surface area contributed by atoms with Crippen LogP contribution in [0.2, 0.25) is 0 Å². The lowest BCUT2D eigenvalue weighted by Crippen LogP contribution is -1.77. The maximum Gasteiger partial charge on any atom is 0.153 e. The third kappa shape index (κ3) is 2.26. The summed E-state index contributed by atoms with van der Waals surface area (Å²) in [5.41, 5.74) is 2.02. The Balaban J connectivity index is 1.96. The molecule has 4 heteroatoms. The highest BCUT2D eigenvalue weighted by molar-refractivity contribution is 9.10. The van der Waals surface area contributed by atoms with Gasteiger partial charge < -0.3 is 4.42 Å². The molecule has 3 aromatic rings. The summed E-state index contributed by atoms with van der Waals surface area (Å²) in [6.07, 6.45) is 0. The average Bonchev–Trinajstić information content (AvgIpc) is 2.98. The Hall–Kier alpha value is -1.39. The first kappa shape index (κ1) is 11.7. The molecule has 3 rings (SSSR count). The van der Waals surface area contributed by atoms with Crippen molar-refractivity contribution in [3.8, 4) is 22.0 Å². The number of aromatic nitrogens is 1. The molecular formula is C14H10BrNOS. The molecule has 0 unspecified atom stereocenters. The molecule has 0 aliphatic heterocycles. The normalized spacial score (nSPS) is 10.8. The van der Waals surface area contributed by atoms with Crippen LogP contribution in [0.1, 0.15) is 5.76 Å². The smallest absolute Gasteiger partial charge is 0.153 e. The van der Waals surface area contributed by atoms with Gasteiger partial charge in [0, 0.05) is 15.4 Å². The quantitative estimate of drug-likeness (QED) is 0.653. The molecule has 1 aromatic carbocycles. The minimum Gasteiger partial charge on any atom is -0.460 e. The lowest BCUT2D eigenvalue weighted by molar-refractivity contribution is 0.547. The molecule has 18 heavy (non-hydrogen) atoms. The van der Waals surface area contributed by atoms with Gasteiger partial charge in [0.25, 0.3) is 0 Å². The number of thiazole rings is 1. The number of nitrogens with zero attached hydrogens (tertiary/aromatic N) is 1. The standard InChI is InChI=1S/C14H10BrNOS/c1-9-2-7-13(17-9)12-8-18-14(16-12)10-3-5-11(15)6-4-10/h2-8H,1H3. The van der Waals surface area contributed by atoms with Crippen LogP contribution in [0.25, 0.3) is 22.0 Å². The van der Waals surface area contributed by atoms with Crippen molar-refractivity contribution in [2.45, 2.75) is 6.92 Å². The molecule has 2 aromatic heterocycles. The Kier molecular flexibility index (Phi) is 3.06. The molecule has 0 amide bonds. The molecule has 0 aliphatic rings. The first-order chi connectivity index (χ1) is 8.72. The van der Waals surface area contributed by atoms with Crippen LogP contribution in [0, 0.1) is 6.92 Å². The van der Waals surface area contributed by atoms with Gasteiger partial charge in [0.15, 0.2) is 5.76 Å². The van der Waals surface area contributed by atoms with E-state index in [-0.39, 0.29) is 0 Å². The molecule has 0 atom stereocenters. The molecule has 90 valence electrons. The van der Waals surface area contributed by atoms with E-state index in [0.717, 1.165) is 32.3 Å². The second kappa shape index (κ2) is 4.71. The van der Waals surface area contributed by atoms with Crippen molar-refractivity contribution in [2.24, 2.45) is 0 Å². The predicted octanol–water partition coefficient (Wildman–Crippen LogP) is 5.14. The summed E-state index contributed by atoms with van der Waals surface area (Å²) in [7, 11) is 0. The van der Waals surface area contributed by atoms with Crippen LogP contribution in [0.4, 0.5) is 0 Å². The van der Waals surface area contributed by atoms with Crippen LogP contribution in [0.3, 0.4) is 0 Å². The van der Waals surface area contributed by atoms with Crippen LogP contribution in [0.5, 0.6) is 0 Å². The highest BCUT2D eigenvalue weighted by atomic mass is 79.9. The van der Waals surface area contributed by atoms with Gasteiger partial charge in [-0.15, -0.1) is 11.3 Å². The van der Waals surface area contributed by atoms with Gasteiger partial charge in [-0.2, -0.15) is 0 Å². The molecule has 0 aliphatic carbocycles. The largest absolute Gasteiger partial charge is 0.460 e. The second-order valence-corrected chi connectivity index (χ2v) is 5.73. The van der Waals surface area contributed by atoms with Crippen molar-refractivity contribution < 1.29 is 4.42 Å². The van der Waals surface area contributed by atoms with E-state index in [4.69, 9.17) is 4.42 Å². The van der Waals surface area contributed by atoms with Crippen LogP contribution < -0.4 is 0 Å². The monoisotopic (exact) mass is 319 g/mol. The van der Waals surface area contributed by atoms with Gasteiger partial charge in [-0.1, -0.05) is 28.1 Å². The number of benzene rings is 1. The summed E-state index contributed by atoms with van der Waals surface area (Å²) < 4.78 is 6.65. The Morgan fingerprint density at radius 3 is 2.56 bits per heavy atom. The molecule has 0 N–H and O–H groups in total. The van der Waals surface area contributed by atoms with Gasteiger partial charge in [-0.25, -0.2) is 4.98 Å². The van der Waals surface area contributed by atoms with Crippen molar-refractivity contribution in [2.75, 3.05) is 0 Å². The number of aryl methyl sites for hydroxylation is 1. The van der Waals surface area contributed by atoms with E-state index in [0.29, 0.717) is 0 Å². The van der Waals surface area contributed by atoms with Gasteiger partial charge in [-0.3, -0.25) is 0 Å². The summed E-state index contributed by atoms with van der Waals surface area (Å²) in [4.78, 5) is 4.60. The topological polar surface area (TPSA) is 26.0 Å². The third-order valence-electron chi connectivity index (χ3n) is 2.59. The number of rotatable bonds is 2. The van der Waals surface area contributed by atoms with Crippen LogP contribution in [0.15, 0.2) is 50.7 Å². The Labute approximate surface area is 117 Å². The molecule has 0 fully saturated rings. The Bertz CT molecular complexity index is 669. The van der Waals surface area contributed by atoms with Crippen LogP contribution >= 0.6 is 27.3 Å². The zero-order chi connectivity index (χ0) is 12.5. The molecule has 2 nitrogen and oxygen atoms in total. The van der Waals surface area contributed by atoms with Crippen LogP contribution in [-0.4, -0.2) is 4.98 Å². The van der Waals surface area contributed by atoms with Gasteiger partial charge in [0.2, 0.25) is 0 Å². The average molecular weight is 320 g/mol. The van der Waals surface area contributed by atoms with Gasteiger partial charge in [0.1, 0.15) is 16.5 Å². The van der Waals surface area contributed by atoms with E-state index >= 15 is 0 Å². The molecular weight excluding hydrogens is 310 g/mol. The van der Waals surface area contributed by atoms with E-state index in [9.17, 15) is 0 Å². The van der Waals surface area contributed by atoms with Gasteiger partial charge >= 0.3 is 0 Å². The molecule has 0 radical (unpaired) electrons. The van der Waals surface area contributed by atoms with E-state index in [1.807, 2.05) is 36.6 Å². The zero-order valence-corrected chi connectivity index (χ0v) is 12.1. The number of furan rings is 1. The minimum absolute atomic E-state index is 0.826. The van der Waals surface area contributed by atoms with Gasteiger partial charge in [0.05, 0.1) is 0 Å². The lowest BCUT2D eigenvalue weighted by Gasteiger charge is -1.95. The lowest BCUT2D eigenvalue weighted by atomic mass is 10.2. The van der Waals surface area contributed by atoms with E-state index in [1.165, 1.54) is 0 Å². The summed E-state index contributed by atoms with van der Waals surface area (Å²) in [5.74, 6) is 1.73. The predicted molar refractivity (Wildman–Crippen MR) is 77.7 cm³/mol. The fraction of sp³-hybridized carbons (Fsp3) is 0.0714. The van der Waals surface area contributed by atoms with E-state index in [1.54, 1.807) is 11.3 Å². The Morgan fingerprint density at radius 2 is 1.89 bits per heavy atom. The summed E-state index contributed by atoms with van der Waals surface area (Å²) in [6.45, 7) is 1.94. The molecule has 2 heterocycles. The molecule has 0 saturated carbocycles. The van der Waals surface area contributed by atoms with Crippen molar-refractivity contribution in [1.82, 2.24) is 4.98 Å². The van der Waals surface area contributed by atoms with Gasteiger partial charge in [-0.05, 0) is 31.2 Å². The molecule has 0 spiro atoms. The fourth-order valence-electron chi connectivity index (χ4n) is 1.68. The molecule has 0 saturated heterocycles. The van der Waals surface area contributed by atoms with E-state index in [2.05, 4.69) is 33.0 Å². The number of hydrogen-bond donors (Lipinski definition) is 0. The SMILES string of the molecule is Cc1ccc(-c2csc(-c3ccc(Br)cc3)n2)o1. The number of halogens is 1. The first-order valence-corrected chi connectivity index (χ1v) is 7.18. The highest BCUT2D eigenvalue weighted by Gasteiger charge is 2.09. The van der Waals surface area contributed by atoms with Crippen molar-refractivity contribution >= 4 is 27.3 Å². The third-order valence-corrected chi connectivity index (χ3v) is 4.01. The maximum atomic E-state index is 5.57. The summed E-state index contributed by atoms with van der Waals surface area (Å²) >= 11 is 5.06. The van der Waals surface area contributed by atoms with Crippen molar-refractivity contribution in [1.29, 1.82) is 0 Å². The molecule has 0 bridgehead atoms. The van der Waals surface area contributed by atoms with E-state index < -0.39 is 0 Å². The fourth-order valence-corrected chi connectivity index (χ4v) is 2.76. The second-order valence-electron chi connectivity index (χ2n) is 3.96. The minimum atomic E-state index is 0.826. The zero-order valence-electron chi connectivity index (χ0n) is 9.68. The van der Waals surface area contributed by atoms with Crippen LogP contribution in [-0.2, 0) is 0 Å². The van der Waals surface area contributed by atoms with Crippen molar-refractivity contribution in [3.05, 3.63) is 52.0 Å². The Morgan fingerprint density at radius 1 is 1.11 bits per heavy atom. The summed E-state index contributed by atoms with van der Waals surface area (Å²) in [5, 5.41) is 3.03. The van der Waals surface area contributed by atoms with Crippen molar-refractivity contribution in [3.63, 3.8) is 0 Å².